The molecule has 0 radical (unpaired) electrons. The van der Waals surface area contributed by atoms with Crippen molar-refractivity contribution < 1.29 is 32.5 Å². The summed E-state index contributed by atoms with van der Waals surface area (Å²) in [6.45, 7) is 0. The second-order valence-corrected chi connectivity index (χ2v) is 1.72. The first-order valence-electron chi connectivity index (χ1n) is 2.42. The van der Waals surface area contributed by atoms with Crippen LogP contribution in [0.25, 0.3) is 0 Å². The van der Waals surface area contributed by atoms with Crippen molar-refractivity contribution in [2.45, 2.75) is 18.3 Å². The highest BCUT2D eigenvalue weighted by molar-refractivity contribution is 4.78. The van der Waals surface area contributed by atoms with Gasteiger partial charge in [0, 0.05) is 7.11 Å². The predicted molar refractivity (Wildman–Crippen MR) is 25.1 cm³/mol. The van der Waals surface area contributed by atoms with Crippen molar-refractivity contribution >= 4 is 0 Å². The Bertz CT molecular complexity index is 135. The van der Waals surface area contributed by atoms with Crippen LogP contribution in [0, 0.1) is 0 Å². The summed E-state index contributed by atoms with van der Waals surface area (Å²) in [6.07, 6.45) is -8.32. The third-order valence-electron chi connectivity index (χ3n) is 0.969. The van der Waals surface area contributed by atoms with Crippen LogP contribution in [0.15, 0.2) is 0 Å². The van der Waals surface area contributed by atoms with Crippen LogP contribution in [0.5, 0.6) is 0 Å². The maximum atomic E-state index is 11.9. The fourth-order valence-corrected chi connectivity index (χ4v) is 0.286. The molecule has 0 rings (SSSR count). The molecule has 0 aliphatic heterocycles. The molecule has 7 heteroatoms. The van der Waals surface area contributed by atoms with E-state index in [0.717, 1.165) is 0 Å². The lowest BCUT2D eigenvalue weighted by molar-refractivity contribution is -0.385. The summed E-state index contributed by atoms with van der Waals surface area (Å²) in [5.74, 6) is -5.00. The van der Waals surface area contributed by atoms with Gasteiger partial charge in [-0.2, -0.15) is 17.6 Å². The number of methoxy groups -OCH3 is 1. The van der Waals surface area contributed by atoms with E-state index in [2.05, 4.69) is 4.74 Å². The fourth-order valence-electron chi connectivity index (χ4n) is 0.286. The molecule has 0 aliphatic carbocycles. The number of alkyl halides is 4. The first-order valence-corrected chi connectivity index (χ1v) is 2.42. The molecule has 11 heavy (non-hydrogen) atoms. The second kappa shape index (κ2) is 2.92. The second-order valence-electron chi connectivity index (χ2n) is 1.72. The number of ether oxygens (including phenoxy) is 1. The van der Waals surface area contributed by atoms with Gasteiger partial charge in [0.25, 0.3) is 0 Å². The van der Waals surface area contributed by atoms with Crippen molar-refractivity contribution in [2.75, 3.05) is 7.11 Å². The van der Waals surface area contributed by atoms with Gasteiger partial charge in [-0.15, -0.1) is 0 Å². The molecule has 0 aromatic rings. The van der Waals surface area contributed by atoms with Crippen molar-refractivity contribution in [3.63, 3.8) is 0 Å². The van der Waals surface area contributed by atoms with Crippen LogP contribution >= 0.6 is 0 Å². The minimum absolute atomic E-state index is 0.330. The SMILES string of the molecule is COC(F)(F)C(F)(F)C(O)O. The molecule has 0 saturated heterocycles. The lowest BCUT2D eigenvalue weighted by Crippen LogP contribution is -2.50. The molecule has 0 aromatic heterocycles. The van der Waals surface area contributed by atoms with Crippen molar-refractivity contribution in [1.29, 1.82) is 0 Å². The van der Waals surface area contributed by atoms with Crippen LogP contribution in [-0.4, -0.2) is 35.6 Å². The standard InChI is InChI=1S/C4H6F4O3/c1-11-4(7,8)3(5,6)2(9)10/h2,9-10H,1H3. The Hall–Kier alpha value is -0.400. The summed E-state index contributed by atoms with van der Waals surface area (Å²) >= 11 is 0. The summed E-state index contributed by atoms with van der Waals surface area (Å²) in [5, 5.41) is 15.6. The maximum Gasteiger partial charge on any atom is 0.424 e. The third kappa shape index (κ3) is 1.79. The monoisotopic (exact) mass is 178 g/mol. The van der Waals surface area contributed by atoms with Gasteiger partial charge in [-0.05, 0) is 0 Å². The highest BCUT2D eigenvalue weighted by Crippen LogP contribution is 2.36. The number of hydrogen-bond donors (Lipinski definition) is 2. The van der Waals surface area contributed by atoms with E-state index in [9.17, 15) is 17.6 Å². The van der Waals surface area contributed by atoms with Crippen LogP contribution < -0.4 is 0 Å². The molecule has 0 spiro atoms. The molecule has 0 bridgehead atoms. The molecular formula is C4H6F4O3. The lowest BCUT2D eigenvalue weighted by Gasteiger charge is -2.25. The zero-order chi connectivity index (χ0) is 9.28. The Morgan fingerprint density at radius 2 is 1.55 bits per heavy atom. The van der Waals surface area contributed by atoms with E-state index >= 15 is 0 Å². The third-order valence-corrected chi connectivity index (χ3v) is 0.969. The van der Waals surface area contributed by atoms with Gasteiger partial charge in [0.1, 0.15) is 0 Å². The van der Waals surface area contributed by atoms with E-state index in [-0.39, 0.29) is 0 Å². The van der Waals surface area contributed by atoms with Gasteiger partial charge in [-0.3, -0.25) is 0 Å². The van der Waals surface area contributed by atoms with Crippen molar-refractivity contribution in [3.8, 4) is 0 Å². The number of halogens is 4. The quantitative estimate of drug-likeness (QED) is 0.478. The summed E-state index contributed by atoms with van der Waals surface area (Å²) < 4.78 is 50.7. The molecule has 0 heterocycles. The molecule has 0 amide bonds. The van der Waals surface area contributed by atoms with Crippen molar-refractivity contribution in [1.82, 2.24) is 0 Å². The average molecular weight is 178 g/mol. The fraction of sp³-hybridized carbons (Fsp3) is 1.00. The smallest absolute Gasteiger partial charge is 0.363 e. The molecule has 2 N–H and O–H groups in total. The lowest BCUT2D eigenvalue weighted by atomic mass is 10.3. The van der Waals surface area contributed by atoms with Crippen LogP contribution in [0.3, 0.4) is 0 Å². The number of aliphatic hydroxyl groups excluding tert-OH is 1. The first-order chi connectivity index (χ1) is 4.75. The zero-order valence-corrected chi connectivity index (χ0v) is 5.39. The van der Waals surface area contributed by atoms with E-state index in [1.807, 2.05) is 0 Å². The van der Waals surface area contributed by atoms with Crippen molar-refractivity contribution in [2.24, 2.45) is 0 Å². The van der Waals surface area contributed by atoms with Crippen molar-refractivity contribution in [3.05, 3.63) is 0 Å². The highest BCUT2D eigenvalue weighted by Gasteiger charge is 2.62. The van der Waals surface area contributed by atoms with Gasteiger partial charge in [0.15, 0.2) is 0 Å². The average Bonchev–Trinajstić information content (AvgIpc) is 1.87. The van der Waals surface area contributed by atoms with E-state index in [0.29, 0.717) is 7.11 Å². The molecular weight excluding hydrogens is 172 g/mol. The Morgan fingerprint density at radius 3 is 1.64 bits per heavy atom. The van der Waals surface area contributed by atoms with Gasteiger partial charge in [0.05, 0.1) is 0 Å². The van der Waals surface area contributed by atoms with E-state index in [1.165, 1.54) is 0 Å². The van der Waals surface area contributed by atoms with Gasteiger partial charge < -0.3 is 14.9 Å². The minimum Gasteiger partial charge on any atom is -0.363 e. The number of rotatable bonds is 3. The normalized spacial score (nSPS) is 14.2. The van der Waals surface area contributed by atoms with Gasteiger partial charge in [-0.25, -0.2) is 0 Å². The molecule has 68 valence electrons. The summed E-state index contributed by atoms with van der Waals surface area (Å²) in [5.41, 5.74) is 0. The molecule has 3 nitrogen and oxygen atoms in total. The van der Waals surface area contributed by atoms with Gasteiger partial charge in [-0.1, -0.05) is 0 Å². The van der Waals surface area contributed by atoms with Crippen LogP contribution in [0.2, 0.25) is 0 Å². The van der Waals surface area contributed by atoms with Crippen LogP contribution in [0.1, 0.15) is 0 Å². The number of hydrogen-bond acceptors (Lipinski definition) is 3. The molecule has 0 saturated carbocycles. The summed E-state index contributed by atoms with van der Waals surface area (Å²) in [7, 11) is 0.330. The maximum absolute atomic E-state index is 11.9. The summed E-state index contributed by atoms with van der Waals surface area (Å²) in [4.78, 5) is 0. The van der Waals surface area contributed by atoms with E-state index < -0.39 is 18.3 Å². The topological polar surface area (TPSA) is 49.7 Å². The predicted octanol–water partition coefficient (Wildman–Crippen LogP) is 0.172. The Kier molecular flexibility index (Phi) is 2.81. The first kappa shape index (κ1) is 10.6. The molecule has 0 fully saturated rings. The Labute approximate surface area is 59.2 Å². The van der Waals surface area contributed by atoms with E-state index in [4.69, 9.17) is 10.2 Å². The van der Waals surface area contributed by atoms with Crippen LogP contribution in [-0.2, 0) is 4.74 Å². The van der Waals surface area contributed by atoms with E-state index in [1.54, 1.807) is 0 Å². The highest BCUT2D eigenvalue weighted by atomic mass is 19.3. The summed E-state index contributed by atoms with van der Waals surface area (Å²) in [6, 6.07) is 0. The minimum atomic E-state index is -5.00. The Morgan fingerprint density at radius 1 is 1.18 bits per heavy atom. The largest absolute Gasteiger partial charge is 0.424 e. The zero-order valence-electron chi connectivity index (χ0n) is 5.39. The molecule has 0 aromatic carbocycles. The van der Waals surface area contributed by atoms with Gasteiger partial charge in [0.2, 0.25) is 6.29 Å². The number of aliphatic hydroxyl groups is 2. The Balaban J connectivity index is 4.53. The van der Waals surface area contributed by atoms with Crippen LogP contribution in [0.4, 0.5) is 17.6 Å². The molecule has 0 atom stereocenters. The van der Waals surface area contributed by atoms with Gasteiger partial charge >= 0.3 is 12.0 Å². The molecule has 0 aliphatic rings. The molecule has 0 unspecified atom stereocenters.